The molecule has 0 fully saturated rings. The highest BCUT2D eigenvalue weighted by atomic mass is 35.5. The molecule has 0 aliphatic heterocycles. The van der Waals surface area contributed by atoms with Crippen molar-refractivity contribution in [1.29, 1.82) is 0 Å². The average Bonchev–Trinajstić information content (AvgIpc) is 3.11. The molecule has 2 aromatic carbocycles. The lowest BCUT2D eigenvalue weighted by Gasteiger charge is -2.20. The summed E-state index contributed by atoms with van der Waals surface area (Å²) < 4.78 is 18.7. The molecule has 160 valence electrons. The molecule has 6 nitrogen and oxygen atoms in total. The molecule has 1 aliphatic rings. The van der Waals surface area contributed by atoms with Crippen LogP contribution < -0.4 is 5.32 Å². The number of aliphatic hydroxyl groups excluding tert-OH is 2. The Balaban J connectivity index is 1.35. The third kappa shape index (κ3) is 4.39. The number of carbonyl (C=O) groups excluding carboxylic acids is 1. The Hall–Kier alpha value is -3.00. The van der Waals surface area contributed by atoms with E-state index in [0.717, 1.165) is 34.5 Å². The van der Waals surface area contributed by atoms with E-state index in [1.54, 1.807) is 0 Å². The number of alkyl carbamates (subject to hydrolysis) is 1. The lowest BCUT2D eigenvalue weighted by molar-refractivity contribution is 0.0182. The standard InChI is InChI=1S/C23H20ClFN2O4/c24-22-18(9-13(25)10-26-22)21(29)20(28)11-27-23(30)31-12-19-16-7-3-1-5-14(16)15-6-2-4-8-17(15)19/h1-10,19-21,28-29H,11-12H2,(H,27,30). The van der Waals surface area contributed by atoms with Gasteiger partial charge in [0.1, 0.15) is 29.8 Å². The molecule has 0 spiro atoms. The third-order valence-electron chi connectivity index (χ3n) is 5.32. The van der Waals surface area contributed by atoms with Gasteiger partial charge in [-0.25, -0.2) is 14.2 Å². The SMILES string of the molecule is O=C(NCC(O)C(O)c1cc(F)cnc1Cl)OCC1c2ccccc2-c2ccccc21. The van der Waals surface area contributed by atoms with Gasteiger partial charge in [0.2, 0.25) is 0 Å². The molecule has 0 bridgehead atoms. The van der Waals surface area contributed by atoms with Crippen molar-refractivity contribution in [2.75, 3.05) is 13.2 Å². The number of nitrogens with zero attached hydrogens (tertiary/aromatic N) is 1. The Morgan fingerprint density at radius 2 is 1.74 bits per heavy atom. The molecule has 0 saturated heterocycles. The number of carbonyl (C=O) groups is 1. The maximum atomic E-state index is 13.3. The first-order chi connectivity index (χ1) is 15.0. The Labute approximate surface area is 183 Å². The molecule has 3 aromatic rings. The number of aromatic nitrogens is 1. The summed E-state index contributed by atoms with van der Waals surface area (Å²) >= 11 is 5.84. The molecule has 31 heavy (non-hydrogen) atoms. The number of fused-ring (bicyclic) bond motifs is 3. The lowest BCUT2D eigenvalue weighted by atomic mass is 9.98. The van der Waals surface area contributed by atoms with Crippen molar-refractivity contribution in [2.24, 2.45) is 0 Å². The molecule has 1 aliphatic carbocycles. The number of benzene rings is 2. The van der Waals surface area contributed by atoms with Gasteiger partial charge in [0.15, 0.2) is 0 Å². The van der Waals surface area contributed by atoms with Crippen LogP contribution in [0, 0.1) is 5.82 Å². The quantitative estimate of drug-likeness (QED) is 0.505. The van der Waals surface area contributed by atoms with E-state index >= 15 is 0 Å². The molecule has 1 heterocycles. The largest absolute Gasteiger partial charge is 0.449 e. The fraction of sp³-hybridized carbons (Fsp3) is 0.217. The summed E-state index contributed by atoms with van der Waals surface area (Å²) in [5.74, 6) is -0.791. The highest BCUT2D eigenvalue weighted by molar-refractivity contribution is 6.30. The first-order valence-corrected chi connectivity index (χ1v) is 10.1. The zero-order chi connectivity index (χ0) is 22.0. The molecule has 2 atom stereocenters. The molecule has 2 unspecified atom stereocenters. The summed E-state index contributed by atoms with van der Waals surface area (Å²) in [6.07, 6.45) is -2.79. The van der Waals surface area contributed by atoms with Crippen LogP contribution >= 0.6 is 11.6 Å². The van der Waals surface area contributed by atoms with Crippen LogP contribution in [0.25, 0.3) is 11.1 Å². The smallest absolute Gasteiger partial charge is 0.407 e. The van der Waals surface area contributed by atoms with Crippen molar-refractivity contribution in [3.8, 4) is 11.1 Å². The Morgan fingerprint density at radius 1 is 1.13 bits per heavy atom. The van der Waals surface area contributed by atoms with Crippen LogP contribution in [-0.2, 0) is 4.74 Å². The molecular weight excluding hydrogens is 423 g/mol. The number of amides is 1. The fourth-order valence-electron chi connectivity index (χ4n) is 3.80. The number of hydrogen-bond acceptors (Lipinski definition) is 5. The minimum absolute atomic E-state index is 0.0662. The van der Waals surface area contributed by atoms with E-state index in [1.807, 2.05) is 48.5 Å². The van der Waals surface area contributed by atoms with Crippen molar-refractivity contribution >= 4 is 17.7 Å². The van der Waals surface area contributed by atoms with E-state index in [-0.39, 0.29) is 29.8 Å². The second-order valence-corrected chi connectivity index (χ2v) is 7.61. The summed E-state index contributed by atoms with van der Waals surface area (Å²) in [7, 11) is 0. The maximum Gasteiger partial charge on any atom is 0.407 e. The third-order valence-corrected chi connectivity index (χ3v) is 5.63. The number of hydrogen-bond donors (Lipinski definition) is 3. The molecular formula is C23H20ClFN2O4. The molecule has 1 amide bonds. The van der Waals surface area contributed by atoms with Gasteiger partial charge in [0.25, 0.3) is 0 Å². The van der Waals surface area contributed by atoms with Gasteiger partial charge in [-0.05, 0) is 28.3 Å². The van der Waals surface area contributed by atoms with Gasteiger partial charge >= 0.3 is 6.09 Å². The fourth-order valence-corrected chi connectivity index (χ4v) is 4.02. The topological polar surface area (TPSA) is 91.7 Å². The van der Waals surface area contributed by atoms with Gasteiger partial charge in [-0.2, -0.15) is 0 Å². The Morgan fingerprint density at radius 3 is 2.39 bits per heavy atom. The minimum Gasteiger partial charge on any atom is -0.449 e. The van der Waals surface area contributed by atoms with E-state index < -0.39 is 24.1 Å². The van der Waals surface area contributed by atoms with Crippen LogP contribution in [0.1, 0.15) is 28.7 Å². The average molecular weight is 443 g/mol. The summed E-state index contributed by atoms with van der Waals surface area (Å²) in [6.45, 7) is -0.192. The van der Waals surface area contributed by atoms with Gasteiger partial charge in [-0.15, -0.1) is 0 Å². The monoisotopic (exact) mass is 442 g/mol. The number of ether oxygens (including phenoxy) is 1. The van der Waals surface area contributed by atoms with Gasteiger partial charge in [-0.3, -0.25) is 0 Å². The van der Waals surface area contributed by atoms with Crippen LogP contribution in [0.5, 0.6) is 0 Å². The second kappa shape index (κ2) is 9.01. The van der Waals surface area contributed by atoms with Crippen LogP contribution in [-0.4, -0.2) is 40.5 Å². The van der Waals surface area contributed by atoms with Crippen LogP contribution in [0.15, 0.2) is 60.8 Å². The predicted molar refractivity (Wildman–Crippen MR) is 113 cm³/mol. The van der Waals surface area contributed by atoms with Gasteiger partial charge < -0.3 is 20.3 Å². The Bertz CT molecular complexity index is 1060. The summed E-state index contributed by atoms with van der Waals surface area (Å²) in [6, 6.07) is 16.9. The van der Waals surface area contributed by atoms with Gasteiger partial charge in [0, 0.05) is 18.0 Å². The van der Waals surface area contributed by atoms with Gasteiger partial charge in [0.05, 0.1) is 6.20 Å². The first-order valence-electron chi connectivity index (χ1n) is 9.71. The predicted octanol–water partition coefficient (Wildman–Crippen LogP) is 3.81. The van der Waals surface area contributed by atoms with E-state index in [4.69, 9.17) is 16.3 Å². The minimum atomic E-state index is -1.52. The summed E-state index contributed by atoms with van der Waals surface area (Å²) in [4.78, 5) is 15.8. The highest BCUT2D eigenvalue weighted by Gasteiger charge is 2.29. The molecule has 4 rings (SSSR count). The summed E-state index contributed by atoms with van der Waals surface area (Å²) in [5.41, 5.74) is 4.33. The molecule has 0 radical (unpaired) electrons. The molecule has 0 saturated carbocycles. The number of rotatable bonds is 6. The van der Waals surface area contributed by atoms with E-state index in [1.165, 1.54) is 0 Å². The van der Waals surface area contributed by atoms with Crippen LogP contribution in [0.3, 0.4) is 0 Å². The molecule has 8 heteroatoms. The second-order valence-electron chi connectivity index (χ2n) is 7.25. The lowest BCUT2D eigenvalue weighted by Crippen LogP contribution is -2.36. The van der Waals surface area contributed by atoms with Crippen LogP contribution in [0.4, 0.5) is 9.18 Å². The zero-order valence-corrected chi connectivity index (χ0v) is 17.1. The van der Waals surface area contributed by atoms with Crippen molar-refractivity contribution in [1.82, 2.24) is 10.3 Å². The normalized spacial score (nSPS) is 14.5. The van der Waals surface area contributed by atoms with E-state index in [2.05, 4.69) is 10.3 Å². The van der Waals surface area contributed by atoms with Crippen molar-refractivity contribution in [3.05, 3.63) is 88.5 Å². The molecule has 1 aromatic heterocycles. The Kier molecular flexibility index (Phi) is 6.18. The van der Waals surface area contributed by atoms with Crippen molar-refractivity contribution in [2.45, 2.75) is 18.1 Å². The number of pyridine rings is 1. The van der Waals surface area contributed by atoms with Crippen molar-refractivity contribution < 1.29 is 24.1 Å². The van der Waals surface area contributed by atoms with Crippen molar-refractivity contribution in [3.63, 3.8) is 0 Å². The van der Waals surface area contributed by atoms with Gasteiger partial charge in [-0.1, -0.05) is 60.1 Å². The van der Waals surface area contributed by atoms with E-state index in [0.29, 0.717) is 0 Å². The maximum absolute atomic E-state index is 13.3. The zero-order valence-electron chi connectivity index (χ0n) is 16.3. The number of halogens is 2. The highest BCUT2D eigenvalue weighted by Crippen LogP contribution is 2.44. The molecule has 3 N–H and O–H groups in total. The first kappa shape index (κ1) is 21.2. The summed E-state index contributed by atoms with van der Waals surface area (Å²) in [5, 5.41) is 22.6. The number of nitrogens with one attached hydrogen (secondary N) is 1. The number of aliphatic hydroxyl groups is 2. The van der Waals surface area contributed by atoms with Crippen LogP contribution in [0.2, 0.25) is 5.15 Å². The van der Waals surface area contributed by atoms with E-state index in [9.17, 15) is 19.4 Å².